The molecule has 1 amide bonds. The second-order valence-electron chi connectivity index (χ2n) is 7.11. The zero-order valence-electron chi connectivity index (χ0n) is 16.3. The number of benzene rings is 2. The van der Waals surface area contributed by atoms with E-state index >= 15 is 0 Å². The smallest absolute Gasteiger partial charge is 0.303 e. The van der Waals surface area contributed by atoms with Gasteiger partial charge in [0.05, 0.1) is 11.6 Å². The number of rotatable bonds is 8. The Hall–Kier alpha value is -3.48. The van der Waals surface area contributed by atoms with Crippen molar-refractivity contribution in [1.29, 1.82) is 0 Å². The van der Waals surface area contributed by atoms with Gasteiger partial charge in [-0.25, -0.2) is 4.39 Å². The highest BCUT2D eigenvalue weighted by atomic mass is 19.1. The lowest BCUT2D eigenvalue weighted by atomic mass is 9.95. The normalized spacial score (nSPS) is 18.0. The minimum absolute atomic E-state index is 0.0359. The lowest BCUT2D eigenvalue weighted by Gasteiger charge is -2.25. The molecule has 1 heterocycles. The molecule has 2 aromatic carbocycles. The van der Waals surface area contributed by atoms with E-state index in [1.807, 2.05) is 0 Å². The average Bonchev–Trinajstić information content (AvgIpc) is 2.99. The minimum Gasteiger partial charge on any atom is -0.507 e. The van der Waals surface area contributed by atoms with Gasteiger partial charge in [-0.2, -0.15) is 0 Å². The number of aliphatic hydroxyl groups is 1. The third-order valence-corrected chi connectivity index (χ3v) is 5.06. The van der Waals surface area contributed by atoms with Gasteiger partial charge in [-0.15, -0.1) is 0 Å². The maximum absolute atomic E-state index is 13.4. The third kappa shape index (κ3) is 4.56. The standard InChI is InChI=1S/C23H22FNO5/c24-17-12-10-15(11-13-17)20-19(21(28)16-7-3-1-4-8-16)22(29)23(30)25(20)14-6-2-5-9-18(26)27/h1,3-4,7-8,10-13,20,28H,2,5-6,9,14H2,(H,26,27)/b21-19-. The molecule has 1 aliphatic heterocycles. The van der Waals surface area contributed by atoms with Crippen LogP contribution in [-0.2, 0) is 14.4 Å². The SMILES string of the molecule is O=C(O)CCCCCN1C(=O)C(=O)/C(=C(\O)c2ccccc2)C1c1ccc(F)cc1. The van der Waals surface area contributed by atoms with E-state index in [0.717, 1.165) is 0 Å². The molecule has 2 N–H and O–H groups in total. The summed E-state index contributed by atoms with van der Waals surface area (Å²) < 4.78 is 13.4. The van der Waals surface area contributed by atoms with Crippen molar-refractivity contribution in [3.05, 3.63) is 77.1 Å². The van der Waals surface area contributed by atoms with Crippen molar-refractivity contribution in [2.75, 3.05) is 6.54 Å². The molecule has 0 bridgehead atoms. The first-order chi connectivity index (χ1) is 14.4. The Balaban J connectivity index is 1.95. The first-order valence-corrected chi connectivity index (χ1v) is 9.71. The molecule has 156 valence electrons. The topological polar surface area (TPSA) is 94.9 Å². The monoisotopic (exact) mass is 411 g/mol. The number of carbonyl (C=O) groups excluding carboxylic acids is 2. The minimum atomic E-state index is -0.885. The fourth-order valence-electron chi connectivity index (χ4n) is 3.59. The number of carboxylic acids is 1. The zero-order valence-corrected chi connectivity index (χ0v) is 16.3. The second-order valence-corrected chi connectivity index (χ2v) is 7.11. The summed E-state index contributed by atoms with van der Waals surface area (Å²) in [5.74, 6) is -3.15. The van der Waals surface area contributed by atoms with Crippen molar-refractivity contribution in [3.8, 4) is 0 Å². The van der Waals surface area contributed by atoms with Crippen molar-refractivity contribution in [2.45, 2.75) is 31.7 Å². The Kier molecular flexibility index (Phi) is 6.61. The zero-order chi connectivity index (χ0) is 21.7. The molecular weight excluding hydrogens is 389 g/mol. The maximum atomic E-state index is 13.4. The molecule has 0 saturated carbocycles. The Morgan fingerprint density at radius 2 is 1.60 bits per heavy atom. The predicted octanol–water partition coefficient (Wildman–Crippen LogP) is 3.89. The van der Waals surface area contributed by atoms with Crippen LogP contribution < -0.4 is 0 Å². The molecule has 1 saturated heterocycles. The summed E-state index contributed by atoms with van der Waals surface area (Å²) in [6.07, 6.45) is 1.58. The van der Waals surface area contributed by atoms with Crippen LogP contribution in [0.4, 0.5) is 4.39 Å². The van der Waals surface area contributed by atoms with Crippen molar-refractivity contribution < 1.29 is 29.0 Å². The molecule has 6 nitrogen and oxygen atoms in total. The molecule has 1 fully saturated rings. The molecule has 1 aliphatic rings. The molecule has 3 rings (SSSR count). The van der Waals surface area contributed by atoms with Crippen LogP contribution in [-0.4, -0.2) is 39.3 Å². The van der Waals surface area contributed by atoms with Gasteiger partial charge in [0.15, 0.2) is 0 Å². The van der Waals surface area contributed by atoms with Crippen LogP contribution in [0.15, 0.2) is 60.2 Å². The first kappa shape index (κ1) is 21.2. The number of likely N-dealkylation sites (tertiary alicyclic amines) is 1. The van der Waals surface area contributed by atoms with E-state index in [1.54, 1.807) is 30.3 Å². The molecule has 30 heavy (non-hydrogen) atoms. The molecule has 7 heteroatoms. The van der Waals surface area contributed by atoms with E-state index in [1.165, 1.54) is 29.2 Å². The van der Waals surface area contributed by atoms with Gasteiger partial charge in [0.1, 0.15) is 11.6 Å². The van der Waals surface area contributed by atoms with Gasteiger partial charge in [0.2, 0.25) is 0 Å². The molecule has 0 aliphatic carbocycles. The van der Waals surface area contributed by atoms with Crippen molar-refractivity contribution in [3.63, 3.8) is 0 Å². The van der Waals surface area contributed by atoms with Gasteiger partial charge in [-0.05, 0) is 30.5 Å². The summed E-state index contributed by atoms with van der Waals surface area (Å²) in [5.41, 5.74) is 0.881. The van der Waals surface area contributed by atoms with Crippen LogP contribution >= 0.6 is 0 Å². The van der Waals surface area contributed by atoms with E-state index in [4.69, 9.17) is 5.11 Å². The third-order valence-electron chi connectivity index (χ3n) is 5.06. The molecular formula is C23H22FNO5. The van der Waals surface area contributed by atoms with Crippen LogP contribution in [0.2, 0.25) is 0 Å². The van der Waals surface area contributed by atoms with Crippen LogP contribution in [0.1, 0.15) is 42.9 Å². The fourth-order valence-corrected chi connectivity index (χ4v) is 3.59. The number of carboxylic acid groups (broad SMARTS) is 1. The Bertz CT molecular complexity index is 969. The number of hydrogen-bond acceptors (Lipinski definition) is 4. The Morgan fingerprint density at radius 3 is 2.23 bits per heavy atom. The van der Waals surface area contributed by atoms with E-state index < -0.39 is 29.5 Å². The van der Waals surface area contributed by atoms with Crippen molar-refractivity contribution in [1.82, 2.24) is 4.90 Å². The van der Waals surface area contributed by atoms with Gasteiger partial charge in [-0.1, -0.05) is 48.9 Å². The van der Waals surface area contributed by atoms with Crippen LogP contribution in [0, 0.1) is 5.82 Å². The Labute approximate surface area is 173 Å². The summed E-state index contributed by atoms with van der Waals surface area (Å²) in [6, 6.07) is 13.1. The molecule has 0 aromatic heterocycles. The molecule has 2 aromatic rings. The average molecular weight is 411 g/mol. The fraction of sp³-hybridized carbons (Fsp3) is 0.261. The largest absolute Gasteiger partial charge is 0.507 e. The highest BCUT2D eigenvalue weighted by Crippen LogP contribution is 2.39. The highest BCUT2D eigenvalue weighted by Gasteiger charge is 2.45. The van der Waals surface area contributed by atoms with E-state index in [9.17, 15) is 23.9 Å². The van der Waals surface area contributed by atoms with Crippen LogP contribution in [0.5, 0.6) is 0 Å². The highest BCUT2D eigenvalue weighted by molar-refractivity contribution is 6.46. The van der Waals surface area contributed by atoms with E-state index in [-0.39, 0.29) is 24.3 Å². The maximum Gasteiger partial charge on any atom is 0.303 e. The number of amides is 1. The summed E-state index contributed by atoms with van der Waals surface area (Å²) in [4.78, 5) is 37.6. The number of halogens is 1. The number of nitrogens with zero attached hydrogens (tertiary/aromatic N) is 1. The van der Waals surface area contributed by atoms with Gasteiger partial charge >= 0.3 is 5.97 Å². The second kappa shape index (κ2) is 9.35. The van der Waals surface area contributed by atoms with Crippen molar-refractivity contribution in [2.24, 2.45) is 0 Å². The number of unbranched alkanes of at least 4 members (excludes halogenated alkanes) is 2. The quantitative estimate of drug-likeness (QED) is 0.297. The summed E-state index contributed by atoms with van der Waals surface area (Å²) >= 11 is 0. The molecule has 1 atom stereocenters. The van der Waals surface area contributed by atoms with E-state index in [2.05, 4.69) is 0 Å². The molecule has 1 unspecified atom stereocenters. The van der Waals surface area contributed by atoms with Crippen LogP contribution in [0.3, 0.4) is 0 Å². The number of ketones is 1. The van der Waals surface area contributed by atoms with Gasteiger partial charge in [0, 0.05) is 18.5 Å². The summed E-state index contributed by atoms with van der Waals surface area (Å²) in [6.45, 7) is 0.220. The van der Waals surface area contributed by atoms with Gasteiger partial charge in [-0.3, -0.25) is 14.4 Å². The summed E-state index contributed by atoms with van der Waals surface area (Å²) in [5, 5.41) is 19.6. The molecule has 0 spiro atoms. The van der Waals surface area contributed by atoms with Gasteiger partial charge in [0.25, 0.3) is 11.7 Å². The number of hydrogen-bond donors (Lipinski definition) is 2. The number of Topliss-reactive ketones (excluding diaryl/α,β-unsaturated/α-hetero) is 1. The number of aliphatic carboxylic acids is 1. The first-order valence-electron chi connectivity index (χ1n) is 9.71. The molecule has 0 radical (unpaired) electrons. The summed E-state index contributed by atoms with van der Waals surface area (Å²) in [7, 11) is 0. The predicted molar refractivity (Wildman–Crippen MR) is 108 cm³/mol. The lowest BCUT2D eigenvalue weighted by molar-refractivity contribution is -0.140. The number of aliphatic hydroxyl groups excluding tert-OH is 1. The van der Waals surface area contributed by atoms with Gasteiger partial charge < -0.3 is 15.1 Å². The van der Waals surface area contributed by atoms with Crippen LogP contribution in [0.25, 0.3) is 5.76 Å². The number of carbonyl (C=O) groups is 3. The van der Waals surface area contributed by atoms with E-state index in [0.29, 0.717) is 30.4 Å². The lowest BCUT2D eigenvalue weighted by Crippen LogP contribution is -2.30. The Morgan fingerprint density at radius 1 is 0.933 bits per heavy atom. The van der Waals surface area contributed by atoms with Crippen molar-refractivity contribution >= 4 is 23.4 Å².